The molecule has 0 radical (unpaired) electrons. The zero-order chi connectivity index (χ0) is 59.2. The van der Waals surface area contributed by atoms with Crippen molar-refractivity contribution >= 4 is 17.9 Å². The van der Waals surface area contributed by atoms with E-state index in [9.17, 15) is 14.4 Å². The molecule has 0 aromatic heterocycles. The van der Waals surface area contributed by atoms with Gasteiger partial charge >= 0.3 is 17.9 Å². The third-order valence-corrected chi connectivity index (χ3v) is 17.2. The van der Waals surface area contributed by atoms with Gasteiger partial charge in [0, 0.05) is 19.3 Å². The zero-order valence-electron chi connectivity index (χ0n) is 55.8. The summed E-state index contributed by atoms with van der Waals surface area (Å²) < 4.78 is 17.0. The van der Waals surface area contributed by atoms with Crippen molar-refractivity contribution in [2.75, 3.05) is 13.2 Å². The van der Waals surface area contributed by atoms with Gasteiger partial charge in [-0.3, -0.25) is 14.4 Å². The number of rotatable bonds is 70. The molecular weight excluding hydrogens is 1010 g/mol. The Morgan fingerprint density at radius 2 is 0.463 bits per heavy atom. The van der Waals surface area contributed by atoms with Gasteiger partial charge < -0.3 is 14.2 Å². The van der Waals surface area contributed by atoms with Crippen LogP contribution < -0.4 is 0 Å². The lowest BCUT2D eigenvalue weighted by atomic mass is 10.0. The van der Waals surface area contributed by atoms with Gasteiger partial charge in [0.1, 0.15) is 13.2 Å². The Bertz CT molecular complexity index is 1320. The van der Waals surface area contributed by atoms with E-state index in [2.05, 4.69) is 45.1 Å². The quantitative estimate of drug-likeness (QED) is 0.0261. The molecule has 82 heavy (non-hydrogen) atoms. The van der Waals surface area contributed by atoms with Gasteiger partial charge in [-0.15, -0.1) is 0 Å². The normalized spacial score (nSPS) is 12.1. The highest BCUT2D eigenvalue weighted by molar-refractivity contribution is 5.71. The van der Waals surface area contributed by atoms with E-state index in [0.29, 0.717) is 19.3 Å². The Hall–Kier alpha value is -2.11. The monoisotopic (exact) mass is 1150 g/mol. The summed E-state index contributed by atoms with van der Waals surface area (Å²) in [5, 5.41) is 0. The highest BCUT2D eigenvalue weighted by atomic mass is 16.6. The highest BCUT2D eigenvalue weighted by Gasteiger charge is 2.20. The summed E-state index contributed by atoms with van der Waals surface area (Å²) in [5.41, 5.74) is 0. The molecule has 484 valence electrons. The molecule has 0 aliphatic heterocycles. The van der Waals surface area contributed by atoms with Gasteiger partial charge in [-0.05, 0) is 44.9 Å². The molecule has 6 heteroatoms. The van der Waals surface area contributed by atoms with Gasteiger partial charge in [0.25, 0.3) is 0 Å². The lowest BCUT2D eigenvalue weighted by Gasteiger charge is -2.18. The Morgan fingerprint density at radius 1 is 0.244 bits per heavy atom. The largest absolute Gasteiger partial charge is 0.462 e. The molecule has 0 aliphatic carbocycles. The predicted octanol–water partition coefficient (Wildman–Crippen LogP) is 25.7. The van der Waals surface area contributed by atoms with Crippen molar-refractivity contribution in [2.45, 2.75) is 431 Å². The second kappa shape index (κ2) is 71.4. The first-order chi connectivity index (χ1) is 40.5. The van der Waals surface area contributed by atoms with Crippen LogP contribution >= 0.6 is 0 Å². The molecule has 0 rings (SSSR count). The average Bonchev–Trinajstić information content (AvgIpc) is 3.47. The first-order valence-corrected chi connectivity index (χ1v) is 37.3. The predicted molar refractivity (Wildman–Crippen MR) is 358 cm³/mol. The molecule has 0 N–H and O–H groups in total. The number of esters is 3. The summed E-state index contributed by atoms with van der Waals surface area (Å²) in [7, 11) is 0. The second-order valence-corrected chi connectivity index (χ2v) is 25.6. The fraction of sp³-hybridized carbons (Fsp3) is 0.908. The van der Waals surface area contributed by atoms with E-state index in [0.717, 1.165) is 83.5 Å². The van der Waals surface area contributed by atoms with Crippen LogP contribution in [0.5, 0.6) is 0 Å². The number of carbonyl (C=O) groups is 3. The Labute approximate surface area is 513 Å². The average molecular weight is 1150 g/mol. The molecule has 0 saturated carbocycles. The molecule has 0 heterocycles. The molecule has 1 unspecified atom stereocenters. The maximum atomic E-state index is 13.0. The zero-order valence-corrected chi connectivity index (χ0v) is 55.8. The SMILES string of the molecule is CCC/C=C\C/C=C\CCCCCCCC(=O)OCC(COC(=O)CCCCCCCCCCCCCCCCCCCCCCCCCCCCCCCC)OC(=O)CCCCCCCCCCCCCCCCCCCCCCC. The molecule has 0 bridgehead atoms. The fourth-order valence-electron chi connectivity index (χ4n) is 11.6. The van der Waals surface area contributed by atoms with Crippen LogP contribution in [0, 0.1) is 0 Å². The van der Waals surface area contributed by atoms with E-state index in [1.165, 1.54) is 302 Å². The van der Waals surface area contributed by atoms with Crippen molar-refractivity contribution in [3.63, 3.8) is 0 Å². The highest BCUT2D eigenvalue weighted by Crippen LogP contribution is 2.20. The number of unbranched alkanes of at least 4 members (excludes halogenated alkanes) is 55. The van der Waals surface area contributed by atoms with Gasteiger partial charge in [0.15, 0.2) is 6.10 Å². The minimum Gasteiger partial charge on any atom is -0.462 e. The van der Waals surface area contributed by atoms with Crippen LogP contribution in [0.2, 0.25) is 0 Å². The maximum Gasteiger partial charge on any atom is 0.306 e. The Balaban J connectivity index is 4.14. The molecule has 0 aromatic carbocycles. The molecule has 0 aliphatic rings. The molecule has 0 fully saturated rings. The molecular formula is C76H144O6. The van der Waals surface area contributed by atoms with Crippen LogP contribution in [-0.4, -0.2) is 37.2 Å². The lowest BCUT2D eigenvalue weighted by molar-refractivity contribution is -0.167. The molecule has 6 nitrogen and oxygen atoms in total. The maximum absolute atomic E-state index is 13.0. The van der Waals surface area contributed by atoms with Crippen molar-refractivity contribution in [2.24, 2.45) is 0 Å². The molecule has 0 amide bonds. The van der Waals surface area contributed by atoms with Crippen molar-refractivity contribution in [3.8, 4) is 0 Å². The van der Waals surface area contributed by atoms with Crippen LogP contribution in [-0.2, 0) is 28.6 Å². The van der Waals surface area contributed by atoms with Crippen molar-refractivity contribution in [1.82, 2.24) is 0 Å². The smallest absolute Gasteiger partial charge is 0.306 e. The summed E-state index contributed by atoms with van der Waals surface area (Å²) in [5.74, 6) is -0.850. The van der Waals surface area contributed by atoms with Gasteiger partial charge in [-0.1, -0.05) is 385 Å². The number of allylic oxidation sites excluding steroid dienone is 4. The summed E-state index contributed by atoms with van der Waals surface area (Å²) in [6, 6.07) is 0. The van der Waals surface area contributed by atoms with Gasteiger partial charge in [0.2, 0.25) is 0 Å². The summed E-state index contributed by atoms with van der Waals surface area (Å²) in [6.07, 6.45) is 88.1. The van der Waals surface area contributed by atoms with Crippen molar-refractivity contribution < 1.29 is 28.6 Å². The lowest BCUT2D eigenvalue weighted by Crippen LogP contribution is -2.30. The van der Waals surface area contributed by atoms with E-state index < -0.39 is 6.10 Å². The van der Waals surface area contributed by atoms with Crippen LogP contribution in [0.1, 0.15) is 425 Å². The molecule has 0 aromatic rings. The summed E-state index contributed by atoms with van der Waals surface area (Å²) in [4.78, 5) is 38.4. The third-order valence-electron chi connectivity index (χ3n) is 17.2. The van der Waals surface area contributed by atoms with Crippen LogP contribution in [0.4, 0.5) is 0 Å². The summed E-state index contributed by atoms with van der Waals surface area (Å²) >= 11 is 0. The van der Waals surface area contributed by atoms with Gasteiger partial charge in [-0.2, -0.15) is 0 Å². The molecule has 0 spiro atoms. The van der Waals surface area contributed by atoms with Gasteiger partial charge in [0.05, 0.1) is 0 Å². The topological polar surface area (TPSA) is 78.9 Å². The van der Waals surface area contributed by atoms with E-state index >= 15 is 0 Å². The van der Waals surface area contributed by atoms with Crippen LogP contribution in [0.3, 0.4) is 0 Å². The third kappa shape index (κ3) is 68.7. The van der Waals surface area contributed by atoms with E-state index in [4.69, 9.17) is 14.2 Å². The fourth-order valence-corrected chi connectivity index (χ4v) is 11.6. The minimum absolute atomic E-state index is 0.0692. The van der Waals surface area contributed by atoms with Gasteiger partial charge in [-0.25, -0.2) is 0 Å². The Kier molecular flexibility index (Phi) is 69.5. The van der Waals surface area contributed by atoms with E-state index in [-0.39, 0.29) is 31.1 Å². The van der Waals surface area contributed by atoms with E-state index in [1.807, 2.05) is 0 Å². The minimum atomic E-state index is -0.774. The van der Waals surface area contributed by atoms with Crippen molar-refractivity contribution in [1.29, 1.82) is 0 Å². The molecule has 0 saturated heterocycles. The number of ether oxygens (including phenoxy) is 3. The Morgan fingerprint density at radius 3 is 0.720 bits per heavy atom. The number of hydrogen-bond donors (Lipinski definition) is 0. The number of hydrogen-bond acceptors (Lipinski definition) is 6. The number of carbonyl (C=O) groups excluding carboxylic acids is 3. The van der Waals surface area contributed by atoms with E-state index in [1.54, 1.807) is 0 Å². The first kappa shape index (κ1) is 79.9. The second-order valence-electron chi connectivity index (χ2n) is 25.6. The first-order valence-electron chi connectivity index (χ1n) is 37.3. The van der Waals surface area contributed by atoms with Crippen LogP contribution in [0.15, 0.2) is 24.3 Å². The van der Waals surface area contributed by atoms with Crippen LogP contribution in [0.25, 0.3) is 0 Å². The standard InChI is InChI=1S/C76H144O6/c1-4-7-10-13-16-19-22-25-27-29-31-33-34-35-36-37-38-39-40-41-43-44-46-48-51-54-57-60-63-66-69-75(78)81-72-73(71-80-74(77)68-65-62-59-56-53-50-24-21-18-15-12-9-6-3)82-76(79)70-67-64-61-58-55-52-49-47-45-42-32-30-28-26-23-20-17-14-11-8-5-2/h12,15,21,24,73H,4-11,13-14,16-20,22-23,25-72H2,1-3H3/b15-12-,24-21-. The molecule has 1 atom stereocenters. The van der Waals surface area contributed by atoms with Crippen molar-refractivity contribution in [3.05, 3.63) is 24.3 Å². The summed E-state index contributed by atoms with van der Waals surface area (Å²) in [6.45, 7) is 6.66.